The summed E-state index contributed by atoms with van der Waals surface area (Å²) in [6, 6.07) is 0.561. The fraction of sp³-hybridized carbons (Fsp3) is 0.692. The third-order valence-corrected chi connectivity index (χ3v) is 3.02. The minimum atomic E-state index is 0.303. The van der Waals surface area contributed by atoms with Crippen LogP contribution in [-0.4, -0.2) is 35.7 Å². The second-order valence-electron chi connectivity index (χ2n) is 4.29. The lowest BCUT2D eigenvalue weighted by Crippen LogP contribution is -2.40. The molecule has 0 bridgehead atoms. The van der Waals surface area contributed by atoms with Crippen LogP contribution in [0.2, 0.25) is 0 Å². The van der Waals surface area contributed by atoms with Gasteiger partial charge in [-0.05, 0) is 38.3 Å². The van der Waals surface area contributed by atoms with Crippen molar-refractivity contribution in [3.8, 4) is 0 Å². The number of aliphatic hydroxyl groups is 1. The second kappa shape index (κ2) is 6.81. The minimum Gasteiger partial charge on any atom is -0.396 e. The Morgan fingerprint density at radius 2 is 2.33 bits per heavy atom. The van der Waals surface area contributed by atoms with Crippen LogP contribution >= 0.6 is 0 Å². The van der Waals surface area contributed by atoms with Crippen LogP contribution in [0.4, 0.5) is 0 Å². The van der Waals surface area contributed by atoms with Crippen LogP contribution in [-0.2, 0) is 0 Å². The predicted molar refractivity (Wildman–Crippen MR) is 64.9 cm³/mol. The van der Waals surface area contributed by atoms with Crippen molar-refractivity contribution >= 4 is 0 Å². The van der Waals surface area contributed by atoms with Crippen molar-refractivity contribution in [3.05, 3.63) is 24.3 Å². The molecule has 15 heavy (non-hydrogen) atoms. The summed E-state index contributed by atoms with van der Waals surface area (Å²) < 4.78 is 0. The van der Waals surface area contributed by atoms with Gasteiger partial charge in [0.05, 0.1) is 0 Å². The maximum absolute atomic E-state index is 9.01. The summed E-state index contributed by atoms with van der Waals surface area (Å²) in [7, 11) is 0. The summed E-state index contributed by atoms with van der Waals surface area (Å²) >= 11 is 0. The quantitative estimate of drug-likeness (QED) is 0.703. The lowest BCUT2D eigenvalue weighted by molar-refractivity contribution is 0.130. The van der Waals surface area contributed by atoms with E-state index in [9.17, 15) is 0 Å². The number of aliphatic hydroxyl groups excluding tert-OH is 1. The van der Waals surface area contributed by atoms with Crippen LogP contribution < -0.4 is 0 Å². The zero-order valence-corrected chi connectivity index (χ0v) is 9.78. The van der Waals surface area contributed by atoms with Crippen LogP contribution in [0.3, 0.4) is 0 Å². The molecule has 1 fully saturated rings. The highest BCUT2D eigenvalue weighted by Crippen LogP contribution is 2.20. The first-order valence-corrected chi connectivity index (χ1v) is 5.93. The fourth-order valence-electron chi connectivity index (χ4n) is 2.29. The Morgan fingerprint density at radius 3 is 3.00 bits per heavy atom. The molecule has 1 heterocycles. The van der Waals surface area contributed by atoms with Crippen molar-refractivity contribution in [1.82, 2.24) is 4.90 Å². The molecule has 0 amide bonds. The molecule has 2 nitrogen and oxygen atoms in total. The highest BCUT2D eigenvalue weighted by Gasteiger charge is 2.21. The van der Waals surface area contributed by atoms with Gasteiger partial charge in [0, 0.05) is 19.2 Å². The Hall–Kier alpha value is -0.600. The molecule has 0 aromatic rings. The van der Waals surface area contributed by atoms with Gasteiger partial charge in [-0.25, -0.2) is 0 Å². The Kier molecular flexibility index (Phi) is 5.66. The lowest BCUT2D eigenvalue weighted by atomic mass is 9.99. The van der Waals surface area contributed by atoms with E-state index in [-0.39, 0.29) is 0 Å². The molecule has 0 radical (unpaired) electrons. The van der Waals surface area contributed by atoms with E-state index in [2.05, 4.69) is 17.6 Å². The van der Waals surface area contributed by atoms with Gasteiger partial charge in [0.1, 0.15) is 0 Å². The third-order valence-electron chi connectivity index (χ3n) is 3.02. The number of piperidine rings is 1. The van der Waals surface area contributed by atoms with Gasteiger partial charge in [0.2, 0.25) is 0 Å². The number of allylic oxidation sites excluding steroid dienone is 1. The Morgan fingerprint density at radius 1 is 1.53 bits per heavy atom. The van der Waals surface area contributed by atoms with Crippen LogP contribution in [0.25, 0.3) is 0 Å². The molecule has 0 aromatic carbocycles. The Labute approximate surface area is 93.3 Å². The van der Waals surface area contributed by atoms with Crippen molar-refractivity contribution in [2.75, 3.05) is 19.7 Å². The molecule has 1 atom stereocenters. The van der Waals surface area contributed by atoms with Crippen molar-refractivity contribution in [2.24, 2.45) is 0 Å². The van der Waals surface area contributed by atoms with Crippen LogP contribution in [0.15, 0.2) is 24.3 Å². The summed E-state index contributed by atoms with van der Waals surface area (Å²) in [5.41, 5.74) is 1.17. The van der Waals surface area contributed by atoms with Crippen molar-refractivity contribution in [2.45, 2.75) is 38.6 Å². The summed E-state index contributed by atoms with van der Waals surface area (Å²) in [6.07, 6.45) is 8.83. The maximum Gasteiger partial charge on any atom is 0.0445 e. The van der Waals surface area contributed by atoms with E-state index in [1.165, 1.54) is 24.8 Å². The summed E-state index contributed by atoms with van der Waals surface area (Å²) in [4.78, 5) is 2.46. The molecule has 1 saturated heterocycles. The molecular formula is C13H23NO. The summed E-state index contributed by atoms with van der Waals surface area (Å²) in [6.45, 7) is 8.47. The van der Waals surface area contributed by atoms with E-state index in [1.807, 2.05) is 13.0 Å². The highest BCUT2D eigenvalue weighted by atomic mass is 16.3. The van der Waals surface area contributed by atoms with E-state index >= 15 is 0 Å². The Bertz CT molecular complexity index is 221. The molecule has 0 saturated carbocycles. The van der Waals surface area contributed by atoms with E-state index in [1.54, 1.807) is 0 Å². The molecule has 1 unspecified atom stereocenters. The largest absolute Gasteiger partial charge is 0.396 e. The van der Waals surface area contributed by atoms with Gasteiger partial charge >= 0.3 is 0 Å². The summed E-state index contributed by atoms with van der Waals surface area (Å²) in [5.74, 6) is 0. The van der Waals surface area contributed by atoms with Crippen molar-refractivity contribution in [1.29, 1.82) is 0 Å². The first kappa shape index (κ1) is 12.5. The topological polar surface area (TPSA) is 23.5 Å². The number of hydrogen-bond donors (Lipinski definition) is 1. The van der Waals surface area contributed by atoms with Gasteiger partial charge < -0.3 is 5.11 Å². The second-order valence-corrected chi connectivity index (χ2v) is 4.29. The average molecular weight is 209 g/mol. The molecule has 86 valence electrons. The molecule has 0 spiro atoms. The number of nitrogens with zero attached hydrogens (tertiary/aromatic N) is 1. The zero-order chi connectivity index (χ0) is 11.1. The van der Waals surface area contributed by atoms with E-state index in [0.717, 1.165) is 19.5 Å². The summed E-state index contributed by atoms with van der Waals surface area (Å²) in [5, 5.41) is 9.01. The van der Waals surface area contributed by atoms with E-state index < -0.39 is 0 Å². The fourth-order valence-corrected chi connectivity index (χ4v) is 2.29. The van der Waals surface area contributed by atoms with Crippen LogP contribution in [0.1, 0.15) is 32.6 Å². The normalized spacial score (nSPS) is 23.5. The van der Waals surface area contributed by atoms with Crippen molar-refractivity contribution < 1.29 is 5.11 Å². The molecule has 1 aliphatic heterocycles. The van der Waals surface area contributed by atoms with Crippen LogP contribution in [0.5, 0.6) is 0 Å². The van der Waals surface area contributed by atoms with Gasteiger partial charge in [-0.15, -0.1) is 0 Å². The molecule has 0 aromatic heterocycles. The van der Waals surface area contributed by atoms with E-state index in [0.29, 0.717) is 12.6 Å². The molecule has 1 N–H and O–H groups in total. The molecule has 1 aliphatic rings. The molecular weight excluding hydrogens is 186 g/mol. The SMILES string of the molecule is C=C(C=CC)CN1CCCCC1CCO. The van der Waals surface area contributed by atoms with Gasteiger partial charge in [-0.2, -0.15) is 0 Å². The maximum atomic E-state index is 9.01. The number of rotatable bonds is 5. The van der Waals surface area contributed by atoms with Gasteiger partial charge in [0.25, 0.3) is 0 Å². The standard InChI is InChI=1S/C13H23NO/c1-3-6-12(2)11-14-9-5-4-7-13(14)8-10-15/h3,6,13,15H,2,4-5,7-11H2,1H3. The highest BCUT2D eigenvalue weighted by molar-refractivity contribution is 5.15. The van der Waals surface area contributed by atoms with Gasteiger partial charge in [-0.1, -0.05) is 25.2 Å². The zero-order valence-electron chi connectivity index (χ0n) is 9.78. The molecule has 2 heteroatoms. The lowest BCUT2D eigenvalue weighted by Gasteiger charge is -2.35. The third kappa shape index (κ3) is 4.18. The predicted octanol–water partition coefficient (Wildman–Crippen LogP) is 2.36. The van der Waals surface area contributed by atoms with Crippen molar-refractivity contribution in [3.63, 3.8) is 0 Å². The smallest absolute Gasteiger partial charge is 0.0445 e. The van der Waals surface area contributed by atoms with Gasteiger partial charge in [0.15, 0.2) is 0 Å². The number of likely N-dealkylation sites (tertiary alicyclic amines) is 1. The Balaban J connectivity index is 2.45. The monoisotopic (exact) mass is 209 g/mol. The van der Waals surface area contributed by atoms with Crippen LogP contribution in [0, 0.1) is 0 Å². The van der Waals surface area contributed by atoms with E-state index in [4.69, 9.17) is 5.11 Å². The first-order valence-electron chi connectivity index (χ1n) is 5.93. The molecule has 1 rings (SSSR count). The molecule has 0 aliphatic carbocycles. The minimum absolute atomic E-state index is 0.303. The first-order chi connectivity index (χ1) is 7.27. The number of hydrogen-bond acceptors (Lipinski definition) is 2. The average Bonchev–Trinajstić information content (AvgIpc) is 2.21. The van der Waals surface area contributed by atoms with Gasteiger partial charge in [-0.3, -0.25) is 4.90 Å².